The Morgan fingerprint density at radius 1 is 1.17 bits per heavy atom. The number of fused-ring (bicyclic) bond motifs is 1. The maximum atomic E-state index is 6.22. The van der Waals surface area contributed by atoms with E-state index in [4.69, 9.17) is 5.73 Å². The van der Waals surface area contributed by atoms with E-state index in [0.29, 0.717) is 6.54 Å². The molecule has 0 saturated heterocycles. The molecule has 3 heterocycles. The molecule has 0 radical (unpaired) electrons. The molecule has 0 saturated carbocycles. The number of nitrogens with one attached hydrogen (secondary N) is 1. The van der Waals surface area contributed by atoms with Crippen molar-refractivity contribution < 1.29 is 0 Å². The zero-order chi connectivity index (χ0) is 24.8. The molecule has 4 nitrogen and oxygen atoms in total. The van der Waals surface area contributed by atoms with Crippen LogP contribution < -0.4 is 11.1 Å². The van der Waals surface area contributed by atoms with Crippen molar-refractivity contribution in [3.63, 3.8) is 0 Å². The summed E-state index contributed by atoms with van der Waals surface area (Å²) in [6.07, 6.45) is 9.70. The fraction of sp³-hybridized carbons (Fsp3) is 0.367. The van der Waals surface area contributed by atoms with Gasteiger partial charge in [-0.05, 0) is 73.8 Å². The van der Waals surface area contributed by atoms with E-state index >= 15 is 0 Å². The molecule has 0 spiro atoms. The Bertz CT molecular complexity index is 1180. The molecule has 1 aliphatic heterocycles. The highest BCUT2D eigenvalue weighted by Crippen LogP contribution is 2.38. The summed E-state index contributed by atoms with van der Waals surface area (Å²) < 4.78 is 0. The summed E-state index contributed by atoms with van der Waals surface area (Å²) in [6, 6.07) is 10.9. The number of hydrogen-bond donors (Lipinski definition) is 2. The van der Waals surface area contributed by atoms with E-state index in [1.165, 1.54) is 49.0 Å². The van der Waals surface area contributed by atoms with Crippen molar-refractivity contribution in [2.24, 2.45) is 5.73 Å². The average molecular weight is 487 g/mol. The molecule has 5 heteroatoms. The van der Waals surface area contributed by atoms with Crippen molar-refractivity contribution in [3.8, 4) is 0 Å². The van der Waals surface area contributed by atoms with Gasteiger partial charge in [0.25, 0.3) is 0 Å². The fourth-order valence-corrected chi connectivity index (χ4v) is 6.23. The second-order valence-electron chi connectivity index (χ2n) is 9.47. The van der Waals surface area contributed by atoms with Gasteiger partial charge in [0.05, 0.1) is 11.5 Å². The van der Waals surface area contributed by atoms with Crippen LogP contribution in [0.1, 0.15) is 58.0 Å². The third-order valence-corrected chi connectivity index (χ3v) is 8.15. The van der Waals surface area contributed by atoms with Crippen molar-refractivity contribution in [2.75, 3.05) is 11.9 Å². The van der Waals surface area contributed by atoms with Crippen LogP contribution in [-0.2, 0) is 38.8 Å². The second kappa shape index (κ2) is 11.7. The molecule has 0 aliphatic carbocycles. The van der Waals surface area contributed by atoms with Crippen LogP contribution in [0.3, 0.4) is 0 Å². The minimum atomic E-state index is 0.557. The third-order valence-electron chi connectivity index (χ3n) is 6.97. The number of aryl methyl sites for hydroxylation is 4. The highest BCUT2D eigenvalue weighted by Gasteiger charge is 2.24. The summed E-state index contributed by atoms with van der Waals surface area (Å²) >= 11 is 1.84. The Morgan fingerprint density at radius 2 is 2.03 bits per heavy atom. The van der Waals surface area contributed by atoms with Gasteiger partial charge in [-0.25, -0.2) is 0 Å². The lowest BCUT2D eigenvalue weighted by Crippen LogP contribution is -2.29. The highest BCUT2D eigenvalue weighted by molar-refractivity contribution is 7.16. The van der Waals surface area contributed by atoms with Crippen molar-refractivity contribution in [3.05, 3.63) is 106 Å². The first-order chi connectivity index (χ1) is 17.0. The van der Waals surface area contributed by atoms with Crippen molar-refractivity contribution in [1.82, 2.24) is 9.88 Å². The molecule has 0 amide bonds. The van der Waals surface area contributed by atoms with Crippen LogP contribution in [0.25, 0.3) is 0 Å². The lowest BCUT2D eigenvalue weighted by atomic mass is 9.98. The highest BCUT2D eigenvalue weighted by atomic mass is 32.1. The summed E-state index contributed by atoms with van der Waals surface area (Å²) in [5.41, 5.74) is 16.6. The summed E-state index contributed by atoms with van der Waals surface area (Å²) in [4.78, 5) is 8.06. The van der Waals surface area contributed by atoms with Crippen LogP contribution in [0.5, 0.6) is 0 Å². The number of pyridine rings is 1. The van der Waals surface area contributed by atoms with E-state index in [2.05, 4.69) is 66.5 Å². The van der Waals surface area contributed by atoms with Gasteiger partial charge in [0.2, 0.25) is 0 Å². The standard InChI is InChI=1S/C30H38N4S/c1-5-25-12-8-21(2)17-26(25)13-9-22(3)33-30-28(18-31)27-14-16-34(20-29(27)35-30)23(4)10-11-24-7-6-15-32-19-24/h6-8,12,15,17,19,33H,3-5,9-11,13-14,16,18,20,31H2,1-2H3. The summed E-state index contributed by atoms with van der Waals surface area (Å²) in [6.45, 7) is 15.6. The Labute approximate surface area is 214 Å². The first-order valence-corrected chi connectivity index (χ1v) is 13.5. The smallest absolute Gasteiger partial charge is 0.0976 e. The number of allylic oxidation sites excluding steroid dienone is 2. The summed E-state index contributed by atoms with van der Waals surface area (Å²) in [5.74, 6) is 0. The van der Waals surface area contributed by atoms with Gasteiger partial charge in [0.15, 0.2) is 0 Å². The molecule has 1 aliphatic rings. The maximum Gasteiger partial charge on any atom is 0.0976 e. The quantitative estimate of drug-likeness (QED) is 0.323. The average Bonchev–Trinajstić information content (AvgIpc) is 3.22. The number of aromatic nitrogens is 1. The summed E-state index contributed by atoms with van der Waals surface area (Å²) in [7, 11) is 0. The third kappa shape index (κ3) is 6.22. The van der Waals surface area contributed by atoms with Crippen molar-refractivity contribution in [1.29, 1.82) is 0 Å². The molecule has 0 unspecified atom stereocenters. The number of nitrogens with zero attached hydrogens (tertiary/aromatic N) is 2. The molecule has 0 atom stereocenters. The van der Waals surface area contributed by atoms with Gasteiger partial charge < -0.3 is 16.0 Å². The number of thiophene rings is 1. The molecule has 0 bridgehead atoms. The van der Waals surface area contributed by atoms with Gasteiger partial charge in [-0.15, -0.1) is 11.3 Å². The number of hydrogen-bond acceptors (Lipinski definition) is 5. The van der Waals surface area contributed by atoms with Crippen LogP contribution in [0, 0.1) is 6.92 Å². The zero-order valence-corrected chi connectivity index (χ0v) is 22.0. The minimum Gasteiger partial charge on any atom is -0.370 e. The van der Waals surface area contributed by atoms with Crippen LogP contribution in [-0.4, -0.2) is 16.4 Å². The van der Waals surface area contributed by atoms with Crippen LogP contribution in [0.4, 0.5) is 5.00 Å². The van der Waals surface area contributed by atoms with Crippen LogP contribution >= 0.6 is 11.3 Å². The van der Waals surface area contributed by atoms with Crippen LogP contribution in [0.15, 0.2) is 67.3 Å². The molecular formula is C30H38N4S. The molecular weight excluding hydrogens is 448 g/mol. The SMILES string of the molecule is C=C(CCc1cc(C)ccc1CC)Nc1sc2c(c1CN)CCN(C(=C)CCc1cccnc1)C2. The van der Waals surface area contributed by atoms with Crippen molar-refractivity contribution in [2.45, 2.75) is 65.5 Å². The van der Waals surface area contributed by atoms with E-state index in [1.807, 2.05) is 29.8 Å². The zero-order valence-electron chi connectivity index (χ0n) is 21.2. The fourth-order valence-electron chi connectivity index (χ4n) is 4.89. The number of nitrogens with two attached hydrogens (primary N) is 1. The van der Waals surface area contributed by atoms with Gasteiger partial charge in [0.1, 0.15) is 0 Å². The van der Waals surface area contributed by atoms with Gasteiger partial charge in [0, 0.05) is 47.3 Å². The lowest BCUT2D eigenvalue weighted by molar-refractivity contribution is 0.316. The summed E-state index contributed by atoms with van der Waals surface area (Å²) in [5, 5.41) is 4.80. The van der Waals surface area contributed by atoms with E-state index in [-0.39, 0.29) is 0 Å². The van der Waals surface area contributed by atoms with E-state index < -0.39 is 0 Å². The lowest BCUT2D eigenvalue weighted by Gasteiger charge is -2.31. The van der Waals surface area contributed by atoms with Gasteiger partial charge in [-0.3, -0.25) is 4.98 Å². The van der Waals surface area contributed by atoms with Gasteiger partial charge >= 0.3 is 0 Å². The topological polar surface area (TPSA) is 54.2 Å². The van der Waals surface area contributed by atoms with Gasteiger partial charge in [-0.1, -0.05) is 49.9 Å². The maximum absolute atomic E-state index is 6.22. The molecule has 4 rings (SSSR count). The monoisotopic (exact) mass is 486 g/mol. The Hall–Kier alpha value is -2.89. The minimum absolute atomic E-state index is 0.557. The number of rotatable bonds is 11. The first kappa shape index (κ1) is 25.2. The molecule has 3 N–H and O–H groups in total. The van der Waals surface area contributed by atoms with E-state index in [1.54, 1.807) is 0 Å². The van der Waals surface area contributed by atoms with Crippen molar-refractivity contribution >= 4 is 16.3 Å². The van der Waals surface area contributed by atoms with E-state index in [9.17, 15) is 0 Å². The Morgan fingerprint density at radius 3 is 2.77 bits per heavy atom. The Balaban J connectivity index is 1.37. The predicted octanol–water partition coefficient (Wildman–Crippen LogP) is 6.54. The molecule has 0 fully saturated rings. The molecule has 3 aromatic rings. The number of benzene rings is 1. The molecule has 35 heavy (non-hydrogen) atoms. The van der Waals surface area contributed by atoms with Crippen LogP contribution in [0.2, 0.25) is 0 Å². The largest absolute Gasteiger partial charge is 0.370 e. The normalized spacial score (nSPS) is 12.9. The number of anilines is 1. The Kier molecular flexibility index (Phi) is 8.42. The molecule has 2 aromatic heterocycles. The second-order valence-corrected chi connectivity index (χ2v) is 10.6. The predicted molar refractivity (Wildman–Crippen MR) is 150 cm³/mol. The first-order valence-electron chi connectivity index (χ1n) is 12.7. The molecule has 184 valence electrons. The van der Waals surface area contributed by atoms with Gasteiger partial charge in [-0.2, -0.15) is 0 Å². The molecule has 1 aromatic carbocycles. The van der Waals surface area contributed by atoms with E-state index in [0.717, 1.165) is 57.3 Å².